The van der Waals surface area contributed by atoms with Crippen molar-refractivity contribution >= 4 is 14.8 Å². The van der Waals surface area contributed by atoms with E-state index in [0.29, 0.717) is 0 Å². The lowest BCUT2D eigenvalue weighted by Crippen LogP contribution is -2.62. The van der Waals surface area contributed by atoms with Gasteiger partial charge in [0.25, 0.3) is 0 Å². The van der Waals surface area contributed by atoms with E-state index in [2.05, 4.69) is 4.99 Å². The lowest BCUT2D eigenvalue weighted by Gasteiger charge is -2.36. The molecule has 0 radical (unpaired) electrons. The Labute approximate surface area is 162 Å². The van der Waals surface area contributed by atoms with Crippen LogP contribution in [0.2, 0.25) is 13.1 Å². The Hall–Kier alpha value is -1.28. The van der Waals surface area contributed by atoms with E-state index in [-0.39, 0.29) is 6.17 Å². The molecule has 15 heteroatoms. The highest BCUT2D eigenvalue weighted by molar-refractivity contribution is 6.56. The highest BCUT2D eigenvalue weighted by Gasteiger charge is 2.81. The maximum atomic E-state index is 14.0. The molecule has 0 N–H and O–H groups in total. The van der Waals surface area contributed by atoms with Crippen LogP contribution in [0.25, 0.3) is 0 Å². The fraction of sp³-hybridized carbons (Fsp3) is 0.929. The number of alkyl halides is 11. The first-order chi connectivity index (χ1) is 12.6. The molecular formula is C14H22F11N3Si. The molecule has 0 aromatic carbocycles. The van der Waals surface area contributed by atoms with Gasteiger partial charge in [-0.15, -0.1) is 0 Å². The number of nitrogens with zero attached hydrogens (tertiary/aromatic N) is 3. The topological polar surface area (TPSA) is 18.8 Å². The van der Waals surface area contributed by atoms with Crippen LogP contribution in [0.3, 0.4) is 0 Å². The number of halogens is 11. The third-order valence-electron chi connectivity index (χ3n) is 3.57. The number of guanidine groups is 1. The molecule has 0 saturated carbocycles. The summed E-state index contributed by atoms with van der Waals surface area (Å²) < 4.78 is 146. The first-order valence-electron chi connectivity index (χ1n) is 8.15. The highest BCUT2D eigenvalue weighted by atomic mass is 28.3. The zero-order chi connectivity index (χ0) is 23.6. The second-order valence-electron chi connectivity index (χ2n) is 7.09. The summed E-state index contributed by atoms with van der Waals surface area (Å²) in [5.41, 5.74) is 0. The van der Waals surface area contributed by atoms with Crippen molar-refractivity contribution < 1.29 is 48.3 Å². The van der Waals surface area contributed by atoms with E-state index in [0.717, 1.165) is 30.9 Å². The van der Waals surface area contributed by atoms with Crippen LogP contribution in [0.1, 0.15) is 12.8 Å². The smallest absolute Gasteiger partial charge is 0.349 e. The molecular weight excluding hydrogens is 447 g/mol. The van der Waals surface area contributed by atoms with Gasteiger partial charge in [-0.05, 0) is 0 Å². The normalized spacial score (nSPS) is 15.1. The third-order valence-corrected chi connectivity index (χ3v) is 4.85. The van der Waals surface area contributed by atoms with Crippen LogP contribution in [-0.4, -0.2) is 81.9 Å². The Morgan fingerprint density at radius 3 is 1.55 bits per heavy atom. The second-order valence-corrected chi connectivity index (χ2v) is 10.2. The Kier molecular flexibility index (Phi) is 8.45. The molecule has 0 aliphatic heterocycles. The molecule has 0 aromatic heterocycles. The van der Waals surface area contributed by atoms with Gasteiger partial charge < -0.3 is 9.80 Å². The SMILES string of the molecule is CN(C)C(=NC(F)(F)C(F)(F)C(F)(F)C(F)(F)CCC(F)(F)F)N(C)C[SiH](C)C. The van der Waals surface area contributed by atoms with Gasteiger partial charge in [0.05, 0.1) is 8.80 Å². The predicted octanol–water partition coefficient (Wildman–Crippen LogP) is 4.70. The van der Waals surface area contributed by atoms with Gasteiger partial charge in [0.2, 0.25) is 5.96 Å². The summed E-state index contributed by atoms with van der Waals surface area (Å²) in [6.07, 6.45) is -10.6. The molecule has 0 saturated heterocycles. The van der Waals surface area contributed by atoms with Crippen molar-refractivity contribution in [3.63, 3.8) is 0 Å². The molecule has 0 aliphatic rings. The molecule has 0 aromatic rings. The van der Waals surface area contributed by atoms with Crippen LogP contribution in [0.5, 0.6) is 0 Å². The summed E-state index contributed by atoms with van der Waals surface area (Å²) in [6.45, 7) is 3.51. The summed E-state index contributed by atoms with van der Waals surface area (Å²) >= 11 is 0. The largest absolute Gasteiger partial charge is 0.414 e. The molecule has 3 nitrogen and oxygen atoms in total. The number of hydrogen-bond donors (Lipinski definition) is 0. The fourth-order valence-corrected chi connectivity index (χ4v) is 3.48. The molecule has 0 atom stereocenters. The van der Waals surface area contributed by atoms with Crippen LogP contribution in [0, 0.1) is 0 Å². The molecule has 0 bridgehead atoms. The average molecular weight is 469 g/mol. The number of hydrogen-bond acceptors (Lipinski definition) is 1. The van der Waals surface area contributed by atoms with Crippen molar-refractivity contribution in [1.29, 1.82) is 0 Å². The minimum absolute atomic E-state index is 0.108. The molecule has 29 heavy (non-hydrogen) atoms. The molecule has 0 unspecified atom stereocenters. The van der Waals surface area contributed by atoms with E-state index in [4.69, 9.17) is 0 Å². The molecule has 0 rings (SSSR count). The fourth-order valence-electron chi connectivity index (χ4n) is 2.23. The van der Waals surface area contributed by atoms with Crippen LogP contribution < -0.4 is 0 Å². The van der Waals surface area contributed by atoms with Gasteiger partial charge in [-0.25, -0.2) is 0 Å². The van der Waals surface area contributed by atoms with Crippen LogP contribution in [-0.2, 0) is 0 Å². The lowest BCUT2D eigenvalue weighted by atomic mass is 9.98. The summed E-state index contributed by atoms with van der Waals surface area (Å²) in [5, 5.41) is 0. The van der Waals surface area contributed by atoms with Crippen molar-refractivity contribution in [2.24, 2.45) is 4.99 Å². The number of aliphatic imine (C=N–C) groups is 1. The van der Waals surface area contributed by atoms with Crippen LogP contribution >= 0.6 is 0 Å². The van der Waals surface area contributed by atoms with E-state index < -0.39 is 57.6 Å². The summed E-state index contributed by atoms with van der Waals surface area (Å²) in [6, 6.07) is -6.04. The standard InChI is InChI=1S/C14H22F11N3Si/c1-27(2)9(28(3)8-29(4)5)26-14(24,25)13(22,23)12(20,21)10(15,16)6-7-11(17,18)19/h29H,6-8H2,1-5H3. The maximum absolute atomic E-state index is 14.0. The molecule has 0 amide bonds. The first-order valence-corrected chi connectivity index (χ1v) is 11.3. The Morgan fingerprint density at radius 2 is 1.21 bits per heavy atom. The quantitative estimate of drug-likeness (QED) is 0.169. The van der Waals surface area contributed by atoms with Gasteiger partial charge in [-0.3, -0.25) is 0 Å². The summed E-state index contributed by atoms with van der Waals surface area (Å²) in [4.78, 5) is 4.06. The van der Waals surface area contributed by atoms with Crippen molar-refractivity contribution in [2.75, 3.05) is 27.3 Å². The van der Waals surface area contributed by atoms with Crippen molar-refractivity contribution in [3.8, 4) is 0 Å². The Bertz CT molecular complexity index is 574. The third kappa shape index (κ3) is 6.60. The van der Waals surface area contributed by atoms with E-state index in [1.807, 2.05) is 0 Å². The van der Waals surface area contributed by atoms with E-state index in [1.165, 1.54) is 0 Å². The van der Waals surface area contributed by atoms with Gasteiger partial charge in [0.15, 0.2) is 0 Å². The molecule has 174 valence electrons. The van der Waals surface area contributed by atoms with Crippen molar-refractivity contribution in [3.05, 3.63) is 0 Å². The number of rotatable bonds is 8. The van der Waals surface area contributed by atoms with Gasteiger partial charge in [-0.2, -0.15) is 53.3 Å². The molecule has 0 fully saturated rings. The first kappa shape index (κ1) is 27.7. The average Bonchev–Trinajstić information content (AvgIpc) is 2.48. The maximum Gasteiger partial charge on any atom is 0.414 e. The van der Waals surface area contributed by atoms with Gasteiger partial charge in [0.1, 0.15) is 0 Å². The minimum Gasteiger partial charge on any atom is -0.349 e. The second kappa shape index (κ2) is 8.84. The highest BCUT2D eigenvalue weighted by Crippen LogP contribution is 2.54. The zero-order valence-corrected chi connectivity index (χ0v) is 17.4. The van der Waals surface area contributed by atoms with Gasteiger partial charge >= 0.3 is 30.0 Å². The van der Waals surface area contributed by atoms with Gasteiger partial charge in [0, 0.05) is 40.2 Å². The Morgan fingerprint density at radius 1 is 0.759 bits per heavy atom. The van der Waals surface area contributed by atoms with E-state index in [9.17, 15) is 48.3 Å². The van der Waals surface area contributed by atoms with E-state index >= 15 is 0 Å². The zero-order valence-electron chi connectivity index (χ0n) is 16.2. The van der Waals surface area contributed by atoms with Gasteiger partial charge in [-0.1, -0.05) is 13.1 Å². The molecule has 0 spiro atoms. The lowest BCUT2D eigenvalue weighted by molar-refractivity contribution is -0.367. The summed E-state index contributed by atoms with van der Waals surface area (Å²) in [5.74, 6) is -20.5. The van der Waals surface area contributed by atoms with Crippen molar-refractivity contribution in [1.82, 2.24) is 9.80 Å². The molecule has 0 heterocycles. The van der Waals surface area contributed by atoms with Crippen molar-refractivity contribution in [2.45, 2.75) is 55.9 Å². The summed E-state index contributed by atoms with van der Waals surface area (Å²) in [7, 11) is 1.82. The Balaban J connectivity index is 6.08. The van der Waals surface area contributed by atoms with Crippen LogP contribution in [0.4, 0.5) is 48.3 Å². The van der Waals surface area contributed by atoms with Crippen LogP contribution in [0.15, 0.2) is 4.99 Å². The molecule has 0 aliphatic carbocycles. The monoisotopic (exact) mass is 469 g/mol. The van der Waals surface area contributed by atoms with E-state index in [1.54, 1.807) is 13.1 Å². The minimum atomic E-state index is -6.80. The predicted molar refractivity (Wildman–Crippen MR) is 87.7 cm³/mol.